The maximum atomic E-state index is 4.18. The molecular weight excluding hydrogens is 124 g/mol. The molecule has 0 amide bonds. The Balaban J connectivity index is 2.64. The summed E-state index contributed by atoms with van der Waals surface area (Å²) in [6.07, 6.45) is 5.01. The van der Waals surface area contributed by atoms with Gasteiger partial charge in [-0.1, -0.05) is 6.07 Å². The molecular formula is C8H6N2. The molecule has 2 aromatic rings. The van der Waals surface area contributed by atoms with Gasteiger partial charge in [0.25, 0.3) is 0 Å². The molecule has 0 aromatic carbocycles. The SMILES string of the molecule is c1cn2c3c(ccc2n1)C3. The molecule has 0 aliphatic heterocycles. The lowest BCUT2D eigenvalue weighted by Crippen LogP contribution is -1.79. The van der Waals surface area contributed by atoms with Crippen LogP contribution in [0.4, 0.5) is 0 Å². The van der Waals surface area contributed by atoms with Gasteiger partial charge in [-0.15, -0.1) is 0 Å². The van der Waals surface area contributed by atoms with E-state index in [1.54, 1.807) is 0 Å². The molecule has 2 heteroatoms. The first kappa shape index (κ1) is 4.50. The Labute approximate surface area is 58.1 Å². The fourth-order valence-corrected chi connectivity index (χ4v) is 1.37. The van der Waals surface area contributed by atoms with Crippen molar-refractivity contribution in [1.82, 2.24) is 9.38 Å². The fraction of sp³-hybridized carbons (Fsp3) is 0.125. The lowest BCUT2D eigenvalue weighted by molar-refractivity contribution is 1.16. The molecule has 1 aliphatic carbocycles. The topological polar surface area (TPSA) is 17.3 Å². The summed E-state index contributed by atoms with van der Waals surface area (Å²) in [6.45, 7) is 0. The van der Waals surface area contributed by atoms with Crippen LogP contribution in [-0.2, 0) is 6.42 Å². The van der Waals surface area contributed by atoms with E-state index in [9.17, 15) is 0 Å². The van der Waals surface area contributed by atoms with E-state index >= 15 is 0 Å². The highest BCUT2D eigenvalue weighted by atomic mass is 15.0. The van der Waals surface area contributed by atoms with Crippen molar-refractivity contribution >= 4 is 5.65 Å². The van der Waals surface area contributed by atoms with Gasteiger partial charge in [0.1, 0.15) is 5.65 Å². The van der Waals surface area contributed by atoms with Crippen molar-refractivity contribution in [1.29, 1.82) is 0 Å². The van der Waals surface area contributed by atoms with Crippen molar-refractivity contribution in [2.45, 2.75) is 6.42 Å². The first-order valence-electron chi connectivity index (χ1n) is 3.39. The number of pyridine rings is 1. The Morgan fingerprint density at radius 1 is 1.40 bits per heavy atom. The van der Waals surface area contributed by atoms with E-state index in [0.717, 1.165) is 12.1 Å². The predicted octanol–water partition coefficient (Wildman–Crippen LogP) is 1.24. The van der Waals surface area contributed by atoms with Gasteiger partial charge in [-0.25, -0.2) is 4.98 Å². The fourth-order valence-electron chi connectivity index (χ4n) is 1.37. The van der Waals surface area contributed by atoms with Gasteiger partial charge in [0, 0.05) is 24.5 Å². The Bertz CT molecular complexity index is 401. The molecule has 0 unspecified atom stereocenters. The van der Waals surface area contributed by atoms with Gasteiger partial charge in [-0.05, 0) is 11.6 Å². The van der Waals surface area contributed by atoms with Crippen LogP contribution in [0.2, 0.25) is 0 Å². The van der Waals surface area contributed by atoms with Crippen LogP contribution in [-0.4, -0.2) is 9.38 Å². The van der Waals surface area contributed by atoms with Crippen molar-refractivity contribution < 1.29 is 0 Å². The number of imidazole rings is 1. The zero-order valence-electron chi connectivity index (χ0n) is 5.41. The highest BCUT2D eigenvalue weighted by Gasteiger charge is 2.19. The Kier molecular flexibility index (Phi) is 0.556. The maximum absolute atomic E-state index is 4.18. The van der Waals surface area contributed by atoms with Crippen molar-refractivity contribution in [2.75, 3.05) is 0 Å². The van der Waals surface area contributed by atoms with Gasteiger partial charge in [-0.3, -0.25) is 0 Å². The second-order valence-electron chi connectivity index (χ2n) is 2.64. The minimum Gasteiger partial charge on any atom is -0.303 e. The van der Waals surface area contributed by atoms with Crippen LogP contribution in [0.5, 0.6) is 0 Å². The summed E-state index contributed by atoms with van der Waals surface area (Å²) in [6, 6.07) is 4.21. The summed E-state index contributed by atoms with van der Waals surface area (Å²) in [5, 5.41) is 0. The highest BCUT2D eigenvalue weighted by Crippen LogP contribution is 2.27. The van der Waals surface area contributed by atoms with Crippen LogP contribution in [0.15, 0.2) is 24.5 Å². The molecule has 3 rings (SSSR count). The third-order valence-electron chi connectivity index (χ3n) is 2.00. The quantitative estimate of drug-likeness (QED) is 0.447. The molecule has 48 valence electrons. The largest absolute Gasteiger partial charge is 0.303 e. The van der Waals surface area contributed by atoms with E-state index in [1.807, 2.05) is 12.4 Å². The summed E-state index contributed by atoms with van der Waals surface area (Å²) >= 11 is 0. The average molecular weight is 130 g/mol. The lowest BCUT2D eigenvalue weighted by Gasteiger charge is -1.86. The maximum Gasteiger partial charge on any atom is 0.136 e. The van der Waals surface area contributed by atoms with Gasteiger partial charge in [0.15, 0.2) is 0 Å². The van der Waals surface area contributed by atoms with Crippen molar-refractivity contribution in [3.05, 3.63) is 35.8 Å². The number of hydrogen-bond donors (Lipinski definition) is 0. The third kappa shape index (κ3) is 0.386. The molecule has 0 atom stereocenters. The van der Waals surface area contributed by atoms with Crippen molar-refractivity contribution in [3.8, 4) is 0 Å². The number of aromatic nitrogens is 2. The van der Waals surface area contributed by atoms with Crippen molar-refractivity contribution in [2.24, 2.45) is 0 Å². The Morgan fingerprint density at radius 2 is 2.40 bits per heavy atom. The normalized spacial score (nSPS) is 13.6. The van der Waals surface area contributed by atoms with Crippen LogP contribution in [0, 0.1) is 0 Å². The summed E-state index contributed by atoms with van der Waals surface area (Å²) in [5.41, 5.74) is 3.96. The number of fused-ring (bicyclic) bond motifs is 3. The smallest absolute Gasteiger partial charge is 0.136 e. The minimum atomic E-state index is 1.07. The molecule has 0 radical (unpaired) electrons. The second-order valence-corrected chi connectivity index (χ2v) is 2.64. The summed E-state index contributed by atoms with van der Waals surface area (Å²) in [7, 11) is 0. The molecule has 0 saturated carbocycles. The standard InChI is InChI=1S/C8H6N2/c1-2-8-9-3-4-10(8)7-5-6(1)7/h1-4H,5H2. The summed E-state index contributed by atoms with van der Waals surface area (Å²) in [5.74, 6) is 0. The van der Waals surface area contributed by atoms with Crippen LogP contribution in [0.1, 0.15) is 11.3 Å². The molecule has 0 saturated heterocycles. The van der Waals surface area contributed by atoms with Gasteiger partial charge in [0.2, 0.25) is 0 Å². The predicted molar refractivity (Wildman–Crippen MR) is 38.0 cm³/mol. The van der Waals surface area contributed by atoms with Crippen LogP contribution < -0.4 is 0 Å². The second kappa shape index (κ2) is 1.24. The van der Waals surface area contributed by atoms with Crippen LogP contribution in [0.25, 0.3) is 5.65 Å². The van der Waals surface area contributed by atoms with Gasteiger partial charge in [0.05, 0.1) is 0 Å². The number of hydrogen-bond acceptors (Lipinski definition) is 1. The lowest BCUT2D eigenvalue weighted by atomic mass is 10.5. The monoisotopic (exact) mass is 130 g/mol. The summed E-state index contributed by atoms with van der Waals surface area (Å²) in [4.78, 5) is 4.18. The van der Waals surface area contributed by atoms with Gasteiger partial charge < -0.3 is 4.40 Å². The van der Waals surface area contributed by atoms with E-state index < -0.39 is 0 Å². The van der Waals surface area contributed by atoms with Crippen LogP contribution in [0.3, 0.4) is 0 Å². The molecule has 10 heavy (non-hydrogen) atoms. The molecule has 0 spiro atoms. The average Bonchev–Trinajstić information content (AvgIpc) is 2.60. The molecule has 2 heterocycles. The third-order valence-corrected chi connectivity index (χ3v) is 2.00. The van der Waals surface area contributed by atoms with E-state index in [4.69, 9.17) is 0 Å². The summed E-state index contributed by atoms with van der Waals surface area (Å²) < 4.78 is 2.15. The first-order chi connectivity index (χ1) is 4.95. The minimum absolute atomic E-state index is 1.07. The van der Waals surface area contributed by atoms with E-state index in [-0.39, 0.29) is 0 Å². The first-order valence-corrected chi connectivity index (χ1v) is 3.39. The molecule has 0 bridgehead atoms. The van der Waals surface area contributed by atoms with E-state index in [0.29, 0.717) is 0 Å². The highest BCUT2D eigenvalue weighted by molar-refractivity contribution is 5.51. The zero-order chi connectivity index (χ0) is 6.55. The van der Waals surface area contributed by atoms with E-state index in [1.165, 1.54) is 11.3 Å². The van der Waals surface area contributed by atoms with Crippen LogP contribution >= 0.6 is 0 Å². The molecule has 0 N–H and O–H groups in total. The zero-order valence-corrected chi connectivity index (χ0v) is 5.41. The molecule has 1 aliphatic rings. The molecule has 2 aromatic heterocycles. The van der Waals surface area contributed by atoms with Gasteiger partial charge >= 0.3 is 0 Å². The molecule has 2 nitrogen and oxygen atoms in total. The Hall–Kier alpha value is -1.31. The van der Waals surface area contributed by atoms with Gasteiger partial charge in [-0.2, -0.15) is 0 Å². The number of rotatable bonds is 0. The number of nitrogens with zero attached hydrogens (tertiary/aromatic N) is 2. The molecule has 0 fully saturated rings. The van der Waals surface area contributed by atoms with Crippen molar-refractivity contribution in [3.63, 3.8) is 0 Å². The Morgan fingerprint density at radius 3 is 3.40 bits per heavy atom. The van der Waals surface area contributed by atoms with E-state index in [2.05, 4.69) is 21.5 Å².